The number of rotatable bonds is 9. The molecule has 0 unspecified atom stereocenters. The molecule has 0 spiro atoms. The molecule has 3 aromatic heterocycles. The van der Waals surface area contributed by atoms with Gasteiger partial charge in [-0.15, -0.1) is 0 Å². The fourth-order valence-corrected chi connectivity index (χ4v) is 4.58. The monoisotopic (exact) mass is 543 g/mol. The molecule has 0 bridgehead atoms. The second-order valence-corrected chi connectivity index (χ2v) is 9.83. The molecular weight excluding hydrogens is 510 g/mol. The summed E-state index contributed by atoms with van der Waals surface area (Å²) in [6.07, 6.45) is 6.41. The molecule has 1 fully saturated rings. The molecule has 1 aliphatic rings. The number of fused-ring (bicyclic) bond motifs is 3. The summed E-state index contributed by atoms with van der Waals surface area (Å²) in [5.74, 6) is 1.08. The van der Waals surface area contributed by atoms with E-state index in [4.69, 9.17) is 24.5 Å². The Balaban J connectivity index is 1.58. The lowest BCUT2D eigenvalue weighted by Crippen LogP contribution is -2.37. The van der Waals surface area contributed by atoms with Crippen LogP contribution in [0.5, 0.6) is 5.75 Å². The van der Waals surface area contributed by atoms with Gasteiger partial charge in [0.1, 0.15) is 12.4 Å². The lowest BCUT2D eigenvalue weighted by atomic mass is 10.0. The highest BCUT2D eigenvalue weighted by atomic mass is 16.5. The zero-order chi connectivity index (χ0) is 28.1. The van der Waals surface area contributed by atoms with Crippen molar-refractivity contribution in [3.05, 3.63) is 48.9 Å². The highest BCUT2D eigenvalue weighted by molar-refractivity contribution is 6.10. The van der Waals surface area contributed by atoms with E-state index in [1.54, 1.807) is 18.7 Å². The molecule has 2 N–H and O–H groups in total. The molecule has 4 heterocycles. The Morgan fingerprint density at radius 1 is 1.18 bits per heavy atom. The summed E-state index contributed by atoms with van der Waals surface area (Å²) in [6, 6.07) is 9.90. The van der Waals surface area contributed by atoms with Crippen molar-refractivity contribution in [2.75, 3.05) is 51.9 Å². The predicted molar refractivity (Wildman–Crippen MR) is 156 cm³/mol. The number of aromatic nitrogens is 3. The van der Waals surface area contributed by atoms with Gasteiger partial charge in [0.25, 0.3) is 0 Å². The summed E-state index contributed by atoms with van der Waals surface area (Å²) < 4.78 is 11.4. The van der Waals surface area contributed by atoms with Crippen molar-refractivity contribution in [1.82, 2.24) is 25.2 Å². The number of amides is 1. The zero-order valence-electron chi connectivity index (χ0n) is 22.9. The predicted octanol–water partition coefficient (Wildman–Crippen LogP) is 4.33. The number of aliphatic imine (C=N–C) groups is 1. The largest absolute Gasteiger partial charge is 0.490 e. The van der Waals surface area contributed by atoms with Crippen molar-refractivity contribution in [3.8, 4) is 17.0 Å². The van der Waals surface area contributed by atoms with E-state index in [-0.39, 0.29) is 12.6 Å². The number of hydrogen-bond acceptors (Lipinski definition) is 8. The smallest absolute Gasteiger partial charge is 0.404 e. The second-order valence-electron chi connectivity index (χ2n) is 9.83. The van der Waals surface area contributed by atoms with E-state index in [9.17, 15) is 4.79 Å². The van der Waals surface area contributed by atoms with Crippen LogP contribution in [-0.4, -0.2) is 90.4 Å². The molecule has 0 radical (unpaired) electrons. The quantitative estimate of drug-likeness (QED) is 0.180. The van der Waals surface area contributed by atoms with E-state index < -0.39 is 6.09 Å². The molecule has 1 atom stereocenters. The van der Waals surface area contributed by atoms with Gasteiger partial charge >= 0.3 is 6.09 Å². The highest BCUT2D eigenvalue weighted by Gasteiger charge is 2.16. The SMILES string of the molecule is CC[C@H](COc1cncc(-c2cc3c(cnc4ccc(N5CCOCC5)cc43)c(/N=C/N(C)C)n2)c1)NC(=O)O. The Hall–Kier alpha value is -4.51. The maximum absolute atomic E-state index is 11.0. The maximum atomic E-state index is 11.0. The first kappa shape index (κ1) is 27.1. The fraction of sp³-hybridized carbons (Fsp3) is 0.345. The molecule has 1 aromatic carbocycles. The molecule has 1 saturated heterocycles. The van der Waals surface area contributed by atoms with Crippen LogP contribution in [0.1, 0.15) is 13.3 Å². The van der Waals surface area contributed by atoms with Gasteiger partial charge in [-0.25, -0.2) is 14.8 Å². The highest BCUT2D eigenvalue weighted by Crippen LogP contribution is 2.35. The molecule has 4 aromatic rings. The van der Waals surface area contributed by atoms with Crippen molar-refractivity contribution in [2.24, 2.45) is 4.99 Å². The first-order valence-electron chi connectivity index (χ1n) is 13.3. The first-order valence-corrected chi connectivity index (χ1v) is 13.3. The Bertz CT molecular complexity index is 1540. The molecule has 0 saturated carbocycles. The van der Waals surface area contributed by atoms with Crippen LogP contribution in [0.3, 0.4) is 0 Å². The van der Waals surface area contributed by atoms with E-state index in [0.717, 1.165) is 46.0 Å². The molecule has 5 rings (SSSR count). The van der Waals surface area contributed by atoms with Crippen LogP contribution in [0.2, 0.25) is 0 Å². The van der Waals surface area contributed by atoms with Gasteiger partial charge in [-0.2, -0.15) is 0 Å². The summed E-state index contributed by atoms with van der Waals surface area (Å²) in [7, 11) is 3.82. The van der Waals surface area contributed by atoms with Gasteiger partial charge in [-0.05, 0) is 42.1 Å². The van der Waals surface area contributed by atoms with Gasteiger partial charge in [-0.3, -0.25) is 9.97 Å². The Morgan fingerprint density at radius 3 is 2.75 bits per heavy atom. The van der Waals surface area contributed by atoms with Gasteiger partial charge in [0.05, 0.1) is 43.0 Å². The summed E-state index contributed by atoms with van der Waals surface area (Å²) in [6.45, 7) is 5.19. The molecule has 40 heavy (non-hydrogen) atoms. The lowest BCUT2D eigenvalue weighted by Gasteiger charge is -2.29. The third-order valence-electron chi connectivity index (χ3n) is 6.71. The Morgan fingerprint density at radius 2 is 2.00 bits per heavy atom. The van der Waals surface area contributed by atoms with Crippen LogP contribution in [-0.2, 0) is 4.74 Å². The molecular formula is C29H33N7O4. The van der Waals surface area contributed by atoms with E-state index in [1.807, 2.05) is 50.3 Å². The van der Waals surface area contributed by atoms with Crippen molar-refractivity contribution in [2.45, 2.75) is 19.4 Å². The van der Waals surface area contributed by atoms with Crippen molar-refractivity contribution < 1.29 is 19.4 Å². The van der Waals surface area contributed by atoms with Crippen LogP contribution in [0.15, 0.2) is 53.9 Å². The third kappa shape index (κ3) is 6.20. The Labute approximate surface area is 232 Å². The van der Waals surface area contributed by atoms with Crippen LogP contribution < -0.4 is 15.0 Å². The van der Waals surface area contributed by atoms with Crippen LogP contribution in [0.4, 0.5) is 16.3 Å². The third-order valence-corrected chi connectivity index (χ3v) is 6.71. The first-order chi connectivity index (χ1) is 19.4. The lowest BCUT2D eigenvalue weighted by molar-refractivity contribution is 0.122. The summed E-state index contributed by atoms with van der Waals surface area (Å²) in [4.78, 5) is 33.9. The number of morpholine rings is 1. The number of pyridine rings is 3. The molecule has 11 nitrogen and oxygen atoms in total. The van der Waals surface area contributed by atoms with Crippen LogP contribution in [0.25, 0.3) is 32.9 Å². The number of carbonyl (C=O) groups is 1. The number of carboxylic acid groups (broad SMARTS) is 1. The van der Waals surface area contributed by atoms with E-state index >= 15 is 0 Å². The van der Waals surface area contributed by atoms with Crippen molar-refractivity contribution in [3.63, 3.8) is 0 Å². The molecule has 1 aliphatic heterocycles. The molecule has 1 amide bonds. The number of anilines is 1. The average Bonchev–Trinajstić information content (AvgIpc) is 2.97. The van der Waals surface area contributed by atoms with Crippen molar-refractivity contribution >= 4 is 45.6 Å². The second kappa shape index (κ2) is 12.1. The molecule has 0 aliphatic carbocycles. The number of benzene rings is 1. The minimum absolute atomic E-state index is 0.193. The number of hydrogen-bond donors (Lipinski definition) is 2. The van der Waals surface area contributed by atoms with E-state index in [0.29, 0.717) is 36.9 Å². The summed E-state index contributed by atoms with van der Waals surface area (Å²) >= 11 is 0. The Kier molecular flexibility index (Phi) is 8.20. The topological polar surface area (TPSA) is 125 Å². The van der Waals surface area contributed by atoms with E-state index in [2.05, 4.69) is 32.3 Å². The van der Waals surface area contributed by atoms with Gasteiger partial charge in [-0.1, -0.05) is 6.92 Å². The van der Waals surface area contributed by atoms with Crippen molar-refractivity contribution in [1.29, 1.82) is 0 Å². The van der Waals surface area contributed by atoms with Gasteiger partial charge in [0.2, 0.25) is 0 Å². The number of nitrogens with zero attached hydrogens (tertiary/aromatic N) is 6. The normalized spacial score (nSPS) is 14.5. The summed E-state index contributed by atoms with van der Waals surface area (Å²) in [5.41, 5.74) is 3.46. The minimum Gasteiger partial charge on any atom is -0.490 e. The molecule has 208 valence electrons. The van der Waals surface area contributed by atoms with Crippen LogP contribution >= 0.6 is 0 Å². The fourth-order valence-electron chi connectivity index (χ4n) is 4.58. The minimum atomic E-state index is -1.08. The zero-order valence-corrected chi connectivity index (χ0v) is 22.9. The van der Waals surface area contributed by atoms with Gasteiger partial charge in [0, 0.05) is 61.6 Å². The number of ether oxygens (including phenoxy) is 2. The van der Waals surface area contributed by atoms with Gasteiger partial charge < -0.3 is 29.7 Å². The van der Waals surface area contributed by atoms with Gasteiger partial charge in [0.15, 0.2) is 5.82 Å². The maximum Gasteiger partial charge on any atom is 0.404 e. The standard InChI is InChI=1S/C29H33N7O4/c1-4-20(33-29(37)38)17-40-22-11-19(14-30-15-22)27-13-23-24-12-21(36-7-9-39-10-8-36)5-6-26(24)31-16-25(23)28(34-27)32-18-35(2)3/h5-6,11-16,18,20,33H,4,7-10,17H2,1-3H3,(H,37,38)/b32-18+/t20-/m1/s1. The van der Waals surface area contributed by atoms with Crippen LogP contribution in [0, 0.1) is 0 Å². The van der Waals surface area contributed by atoms with E-state index in [1.165, 1.54) is 0 Å². The average molecular weight is 544 g/mol. The summed E-state index contributed by atoms with van der Waals surface area (Å²) in [5, 5.41) is 14.4. The molecule has 11 heteroatoms. The number of nitrogens with one attached hydrogen (secondary N) is 1.